The van der Waals surface area contributed by atoms with Gasteiger partial charge in [-0.3, -0.25) is 4.79 Å². The zero-order valence-corrected chi connectivity index (χ0v) is 12.6. The van der Waals surface area contributed by atoms with Crippen molar-refractivity contribution in [1.29, 1.82) is 0 Å². The van der Waals surface area contributed by atoms with Gasteiger partial charge in [0.25, 0.3) is 0 Å². The molecule has 0 fully saturated rings. The van der Waals surface area contributed by atoms with Crippen molar-refractivity contribution in [3.63, 3.8) is 0 Å². The summed E-state index contributed by atoms with van der Waals surface area (Å²) in [5.41, 5.74) is 1.88. The van der Waals surface area contributed by atoms with Gasteiger partial charge >= 0.3 is 0 Å². The van der Waals surface area contributed by atoms with Crippen molar-refractivity contribution in [3.8, 4) is 22.6 Å². The predicted molar refractivity (Wildman–Crippen MR) is 86.6 cm³/mol. The number of fused-ring (bicyclic) bond motifs is 1. The fourth-order valence-corrected chi connectivity index (χ4v) is 3.25. The van der Waals surface area contributed by atoms with Crippen molar-refractivity contribution < 1.29 is 9.47 Å². The van der Waals surface area contributed by atoms with Crippen LogP contribution in [0, 0.1) is 0 Å². The van der Waals surface area contributed by atoms with Gasteiger partial charge < -0.3 is 9.47 Å². The van der Waals surface area contributed by atoms with Crippen LogP contribution in [0.4, 0.5) is 0 Å². The average molecular weight is 298 g/mol. The molecule has 0 aliphatic rings. The van der Waals surface area contributed by atoms with Crippen molar-refractivity contribution in [2.75, 3.05) is 14.2 Å². The molecule has 1 heterocycles. The first-order valence-electron chi connectivity index (χ1n) is 6.48. The van der Waals surface area contributed by atoms with Gasteiger partial charge in [-0.1, -0.05) is 41.7 Å². The van der Waals surface area contributed by atoms with Crippen LogP contribution < -0.4 is 14.2 Å². The fourth-order valence-electron chi connectivity index (χ4n) is 2.36. The second kappa shape index (κ2) is 5.58. The van der Waals surface area contributed by atoms with E-state index in [0.717, 1.165) is 21.2 Å². The summed E-state index contributed by atoms with van der Waals surface area (Å²) in [5, 5.41) is 0.939. The van der Waals surface area contributed by atoms with Crippen LogP contribution in [-0.4, -0.2) is 14.2 Å². The molecule has 0 atom stereocenters. The van der Waals surface area contributed by atoms with Gasteiger partial charge in [0.2, 0.25) is 4.74 Å². The Balaban J connectivity index is 2.42. The number of rotatable bonds is 3. The van der Waals surface area contributed by atoms with Crippen LogP contribution in [0.5, 0.6) is 11.5 Å². The molecular formula is C17H14O3S. The maximum atomic E-state index is 12.0. The normalized spacial score (nSPS) is 10.6. The molecule has 3 aromatic rings. The first-order valence-corrected chi connectivity index (χ1v) is 7.30. The van der Waals surface area contributed by atoms with Gasteiger partial charge in [0.15, 0.2) is 0 Å². The van der Waals surface area contributed by atoms with Crippen molar-refractivity contribution in [2.45, 2.75) is 0 Å². The van der Waals surface area contributed by atoms with Gasteiger partial charge in [0.1, 0.15) is 11.5 Å². The molecule has 21 heavy (non-hydrogen) atoms. The summed E-state index contributed by atoms with van der Waals surface area (Å²) in [4.78, 5) is 12.0. The molecule has 4 heteroatoms. The Bertz CT molecular complexity index is 838. The van der Waals surface area contributed by atoms with Crippen molar-refractivity contribution in [3.05, 3.63) is 58.1 Å². The van der Waals surface area contributed by atoms with E-state index in [1.165, 1.54) is 11.3 Å². The highest BCUT2D eigenvalue weighted by Gasteiger charge is 2.13. The lowest BCUT2D eigenvalue weighted by Gasteiger charge is -2.12. The molecule has 2 aromatic carbocycles. The maximum absolute atomic E-state index is 12.0. The van der Waals surface area contributed by atoms with Crippen molar-refractivity contribution in [2.24, 2.45) is 0 Å². The average Bonchev–Trinajstić information content (AvgIpc) is 2.53. The van der Waals surface area contributed by atoms with Crippen molar-refractivity contribution in [1.82, 2.24) is 0 Å². The molecule has 3 rings (SSSR count). The Labute approximate surface area is 126 Å². The van der Waals surface area contributed by atoms with E-state index < -0.39 is 0 Å². The summed E-state index contributed by atoms with van der Waals surface area (Å²) in [5.74, 6) is 1.39. The van der Waals surface area contributed by atoms with E-state index >= 15 is 0 Å². The van der Waals surface area contributed by atoms with Crippen LogP contribution in [-0.2, 0) is 0 Å². The topological polar surface area (TPSA) is 35.5 Å². The lowest BCUT2D eigenvalue weighted by molar-refractivity contribution is 0.398. The summed E-state index contributed by atoms with van der Waals surface area (Å²) in [7, 11) is 3.23. The van der Waals surface area contributed by atoms with Crippen molar-refractivity contribution >= 4 is 21.4 Å². The number of ether oxygens (including phenoxy) is 2. The lowest BCUT2D eigenvalue weighted by atomic mass is 10.0. The molecule has 0 N–H and O–H groups in total. The monoisotopic (exact) mass is 298 g/mol. The molecule has 0 amide bonds. The van der Waals surface area contributed by atoms with Gasteiger partial charge in [-0.15, -0.1) is 0 Å². The molecule has 1 aromatic heterocycles. The van der Waals surface area contributed by atoms with Crippen LogP contribution in [0.15, 0.2) is 53.3 Å². The van der Waals surface area contributed by atoms with E-state index in [-0.39, 0.29) is 4.74 Å². The van der Waals surface area contributed by atoms with Gasteiger partial charge in [0, 0.05) is 22.2 Å². The third-order valence-corrected chi connectivity index (χ3v) is 4.18. The molecule has 0 radical (unpaired) electrons. The van der Waals surface area contributed by atoms with Crippen LogP contribution >= 0.6 is 11.3 Å². The van der Waals surface area contributed by atoms with E-state index in [4.69, 9.17) is 9.47 Å². The molecule has 0 aliphatic carbocycles. The summed E-state index contributed by atoms with van der Waals surface area (Å²) in [6.45, 7) is 0. The minimum absolute atomic E-state index is 0.0108. The van der Waals surface area contributed by atoms with Gasteiger partial charge in [0.05, 0.1) is 14.2 Å². The van der Waals surface area contributed by atoms with E-state index in [1.807, 2.05) is 42.5 Å². The Kier molecular flexibility index (Phi) is 3.62. The maximum Gasteiger partial charge on any atom is 0.233 e. The Morgan fingerprint density at radius 2 is 1.71 bits per heavy atom. The number of hydrogen-bond donors (Lipinski definition) is 0. The van der Waals surface area contributed by atoms with Gasteiger partial charge in [-0.25, -0.2) is 0 Å². The zero-order valence-electron chi connectivity index (χ0n) is 11.8. The summed E-state index contributed by atoms with van der Waals surface area (Å²) < 4.78 is 11.6. The lowest BCUT2D eigenvalue weighted by Crippen LogP contribution is -1.97. The minimum Gasteiger partial charge on any atom is -0.497 e. The summed E-state index contributed by atoms with van der Waals surface area (Å²) in [6, 6.07) is 15.2. The smallest absolute Gasteiger partial charge is 0.233 e. The van der Waals surface area contributed by atoms with Crippen LogP contribution in [0.1, 0.15) is 0 Å². The Morgan fingerprint density at radius 3 is 2.38 bits per heavy atom. The van der Waals surface area contributed by atoms with Crippen LogP contribution in [0.25, 0.3) is 21.2 Å². The van der Waals surface area contributed by atoms with Gasteiger partial charge in [-0.2, -0.15) is 0 Å². The molecule has 0 saturated carbocycles. The SMILES string of the molecule is COc1cc(OC)c2c(-c3ccccc3)cc(=O)sc2c1. The third kappa shape index (κ3) is 2.50. The molecular weight excluding hydrogens is 284 g/mol. The van der Waals surface area contributed by atoms with E-state index in [2.05, 4.69) is 0 Å². The first-order chi connectivity index (χ1) is 10.2. The fraction of sp³-hybridized carbons (Fsp3) is 0.118. The molecule has 0 bridgehead atoms. The predicted octanol–water partition coefficient (Wildman–Crippen LogP) is 3.95. The molecule has 0 aliphatic heterocycles. The number of hydrogen-bond acceptors (Lipinski definition) is 4. The second-order valence-corrected chi connectivity index (χ2v) is 5.59. The van der Waals surface area contributed by atoms with E-state index in [0.29, 0.717) is 11.5 Å². The number of methoxy groups -OCH3 is 2. The van der Waals surface area contributed by atoms with Crippen LogP contribution in [0.3, 0.4) is 0 Å². The quantitative estimate of drug-likeness (QED) is 0.734. The summed E-state index contributed by atoms with van der Waals surface area (Å²) >= 11 is 1.19. The summed E-state index contributed by atoms with van der Waals surface area (Å²) in [6.07, 6.45) is 0. The largest absolute Gasteiger partial charge is 0.497 e. The molecule has 106 valence electrons. The third-order valence-electron chi connectivity index (χ3n) is 3.32. The van der Waals surface area contributed by atoms with Gasteiger partial charge in [-0.05, 0) is 17.2 Å². The highest BCUT2D eigenvalue weighted by atomic mass is 32.1. The minimum atomic E-state index is 0.0108. The molecule has 3 nitrogen and oxygen atoms in total. The Hall–Kier alpha value is -2.33. The first kappa shape index (κ1) is 13.6. The molecule has 0 unspecified atom stereocenters. The molecule has 0 spiro atoms. The van der Waals surface area contributed by atoms with E-state index in [9.17, 15) is 4.79 Å². The highest BCUT2D eigenvalue weighted by Crippen LogP contribution is 2.38. The standard InChI is InChI=1S/C17H14O3S/c1-19-12-8-14(20-2)17-13(11-6-4-3-5-7-11)10-16(18)21-15(17)9-12/h3-10H,1-2H3. The highest BCUT2D eigenvalue weighted by molar-refractivity contribution is 7.16. The second-order valence-electron chi connectivity index (χ2n) is 4.55. The Morgan fingerprint density at radius 1 is 0.952 bits per heavy atom. The molecule has 0 saturated heterocycles. The zero-order chi connectivity index (χ0) is 14.8. The van der Waals surface area contributed by atoms with E-state index in [1.54, 1.807) is 20.3 Å². The number of benzene rings is 2. The van der Waals surface area contributed by atoms with Crippen LogP contribution in [0.2, 0.25) is 0 Å².